The van der Waals surface area contributed by atoms with Gasteiger partial charge in [-0.3, -0.25) is 4.79 Å². The summed E-state index contributed by atoms with van der Waals surface area (Å²) in [5.41, 5.74) is -0.696. The van der Waals surface area contributed by atoms with Gasteiger partial charge in [-0.05, 0) is 31.6 Å². The fraction of sp³-hybridized carbons (Fsp3) is 0.889. The van der Waals surface area contributed by atoms with Crippen molar-refractivity contribution in [2.45, 2.75) is 44.6 Å². The number of hydrogen-bond acceptors (Lipinski definition) is 2. The van der Waals surface area contributed by atoms with Gasteiger partial charge in [0.1, 0.15) is 0 Å². The Bertz CT molecular complexity index is 175. The molecule has 1 aliphatic carbocycles. The molecule has 3 heteroatoms. The van der Waals surface area contributed by atoms with Crippen molar-refractivity contribution in [3.8, 4) is 0 Å². The minimum Gasteiger partial charge on any atom is -0.481 e. The second-order valence-electron chi connectivity index (χ2n) is 3.63. The van der Waals surface area contributed by atoms with Gasteiger partial charge in [0.2, 0.25) is 0 Å². The number of carboxylic acids is 1. The van der Waals surface area contributed by atoms with Crippen LogP contribution in [0, 0.1) is 5.92 Å². The summed E-state index contributed by atoms with van der Waals surface area (Å²) < 4.78 is 0. The molecule has 2 N–H and O–H groups in total. The van der Waals surface area contributed by atoms with E-state index in [9.17, 15) is 9.90 Å². The Morgan fingerprint density at radius 2 is 2.17 bits per heavy atom. The monoisotopic (exact) mass is 172 g/mol. The van der Waals surface area contributed by atoms with Gasteiger partial charge in [0.05, 0.1) is 5.60 Å². The molecule has 1 rings (SSSR count). The molecule has 1 fully saturated rings. The normalized spacial score (nSPS) is 21.8. The fourth-order valence-electron chi connectivity index (χ4n) is 1.61. The number of aliphatic hydroxyl groups is 1. The van der Waals surface area contributed by atoms with Crippen molar-refractivity contribution in [1.29, 1.82) is 0 Å². The molecule has 0 amide bonds. The molecule has 12 heavy (non-hydrogen) atoms. The molecular weight excluding hydrogens is 156 g/mol. The molecule has 1 unspecified atom stereocenters. The maximum Gasteiger partial charge on any atom is 0.303 e. The van der Waals surface area contributed by atoms with Crippen LogP contribution in [0.4, 0.5) is 0 Å². The molecule has 0 aromatic carbocycles. The average molecular weight is 172 g/mol. The largest absolute Gasteiger partial charge is 0.481 e. The molecule has 1 saturated carbocycles. The third-order valence-corrected chi connectivity index (χ3v) is 2.72. The first kappa shape index (κ1) is 9.52. The van der Waals surface area contributed by atoms with Gasteiger partial charge in [-0.25, -0.2) is 0 Å². The molecule has 3 nitrogen and oxygen atoms in total. The summed E-state index contributed by atoms with van der Waals surface area (Å²) in [6.45, 7) is 1.92. The fourth-order valence-corrected chi connectivity index (χ4v) is 1.61. The Morgan fingerprint density at radius 1 is 1.58 bits per heavy atom. The van der Waals surface area contributed by atoms with Gasteiger partial charge in [-0.15, -0.1) is 0 Å². The number of carboxylic acid groups (broad SMARTS) is 1. The summed E-state index contributed by atoms with van der Waals surface area (Å²) in [6.07, 6.45) is 3.28. The zero-order chi connectivity index (χ0) is 9.19. The lowest BCUT2D eigenvalue weighted by atomic mass is 9.89. The van der Waals surface area contributed by atoms with Crippen LogP contribution in [0.2, 0.25) is 0 Å². The Kier molecular flexibility index (Phi) is 2.73. The first-order valence-electron chi connectivity index (χ1n) is 4.52. The van der Waals surface area contributed by atoms with E-state index in [4.69, 9.17) is 5.11 Å². The van der Waals surface area contributed by atoms with Crippen LogP contribution in [0.5, 0.6) is 0 Å². The van der Waals surface area contributed by atoms with E-state index in [-0.39, 0.29) is 6.42 Å². The Labute approximate surface area is 72.4 Å². The van der Waals surface area contributed by atoms with Crippen LogP contribution >= 0.6 is 0 Å². The Morgan fingerprint density at radius 3 is 2.50 bits per heavy atom. The predicted molar refractivity (Wildman–Crippen MR) is 44.8 cm³/mol. The minimum atomic E-state index is -0.817. The lowest BCUT2D eigenvalue weighted by Gasteiger charge is -2.25. The van der Waals surface area contributed by atoms with Gasteiger partial charge < -0.3 is 10.2 Å². The van der Waals surface area contributed by atoms with E-state index in [0.29, 0.717) is 18.8 Å². The highest BCUT2D eigenvalue weighted by Gasteiger charge is 2.42. The van der Waals surface area contributed by atoms with E-state index in [1.807, 2.05) is 6.92 Å². The molecule has 1 atom stereocenters. The highest BCUT2D eigenvalue weighted by Crippen LogP contribution is 2.43. The van der Waals surface area contributed by atoms with Crippen LogP contribution in [0.1, 0.15) is 39.0 Å². The van der Waals surface area contributed by atoms with Crippen LogP contribution in [0.25, 0.3) is 0 Å². The number of rotatable bonds is 5. The summed E-state index contributed by atoms with van der Waals surface area (Å²) in [7, 11) is 0. The van der Waals surface area contributed by atoms with E-state index in [1.165, 1.54) is 0 Å². The van der Waals surface area contributed by atoms with Crippen molar-refractivity contribution in [1.82, 2.24) is 0 Å². The van der Waals surface area contributed by atoms with Gasteiger partial charge in [0, 0.05) is 6.42 Å². The Balaban J connectivity index is 2.38. The minimum absolute atomic E-state index is 0.0842. The molecule has 0 aromatic heterocycles. The van der Waals surface area contributed by atoms with Gasteiger partial charge in [-0.1, -0.05) is 6.92 Å². The SMILES string of the molecule is CCC(O)(CCC(=O)O)C1CC1. The highest BCUT2D eigenvalue weighted by atomic mass is 16.4. The van der Waals surface area contributed by atoms with E-state index in [2.05, 4.69) is 0 Å². The molecule has 1 aliphatic rings. The zero-order valence-electron chi connectivity index (χ0n) is 7.42. The smallest absolute Gasteiger partial charge is 0.303 e. The lowest BCUT2D eigenvalue weighted by molar-refractivity contribution is -0.138. The van der Waals surface area contributed by atoms with E-state index >= 15 is 0 Å². The molecule has 0 saturated heterocycles. The van der Waals surface area contributed by atoms with Crippen LogP contribution in [-0.4, -0.2) is 21.8 Å². The molecule has 0 heterocycles. The standard InChI is InChI=1S/C9H16O3/c1-2-9(12,7-3-4-7)6-5-8(10)11/h7,12H,2-6H2,1H3,(H,10,11). The third kappa shape index (κ3) is 2.21. The highest BCUT2D eigenvalue weighted by molar-refractivity contribution is 5.66. The topological polar surface area (TPSA) is 57.5 Å². The van der Waals surface area contributed by atoms with Gasteiger partial charge in [-0.2, -0.15) is 0 Å². The van der Waals surface area contributed by atoms with Crippen LogP contribution in [-0.2, 0) is 4.79 Å². The maximum absolute atomic E-state index is 10.3. The quantitative estimate of drug-likeness (QED) is 0.659. The van der Waals surface area contributed by atoms with Gasteiger partial charge in [0.15, 0.2) is 0 Å². The Hall–Kier alpha value is -0.570. The molecule has 0 bridgehead atoms. The molecule has 0 spiro atoms. The van der Waals surface area contributed by atoms with Crippen LogP contribution in [0.15, 0.2) is 0 Å². The lowest BCUT2D eigenvalue weighted by Crippen LogP contribution is -2.31. The van der Waals surface area contributed by atoms with E-state index in [1.54, 1.807) is 0 Å². The maximum atomic E-state index is 10.3. The molecule has 70 valence electrons. The number of aliphatic carboxylic acids is 1. The van der Waals surface area contributed by atoms with Crippen molar-refractivity contribution in [3.63, 3.8) is 0 Å². The summed E-state index contributed by atoms with van der Waals surface area (Å²) in [6, 6.07) is 0. The van der Waals surface area contributed by atoms with Crippen LogP contribution in [0.3, 0.4) is 0 Å². The molecule has 0 aromatic rings. The summed E-state index contributed by atoms with van der Waals surface area (Å²) >= 11 is 0. The predicted octanol–water partition coefficient (Wildman–Crippen LogP) is 1.40. The van der Waals surface area contributed by atoms with E-state index < -0.39 is 11.6 Å². The number of hydrogen-bond donors (Lipinski definition) is 2. The summed E-state index contributed by atoms with van der Waals surface area (Å²) in [5.74, 6) is -0.454. The van der Waals surface area contributed by atoms with Crippen LogP contribution < -0.4 is 0 Å². The van der Waals surface area contributed by atoms with Crippen molar-refractivity contribution >= 4 is 5.97 Å². The second kappa shape index (κ2) is 3.44. The van der Waals surface area contributed by atoms with E-state index in [0.717, 1.165) is 12.8 Å². The van der Waals surface area contributed by atoms with Crippen molar-refractivity contribution in [2.75, 3.05) is 0 Å². The first-order chi connectivity index (χ1) is 5.58. The molecular formula is C9H16O3. The molecule has 0 aliphatic heterocycles. The third-order valence-electron chi connectivity index (χ3n) is 2.72. The second-order valence-corrected chi connectivity index (χ2v) is 3.63. The average Bonchev–Trinajstić information content (AvgIpc) is 2.82. The van der Waals surface area contributed by atoms with Gasteiger partial charge in [0.25, 0.3) is 0 Å². The van der Waals surface area contributed by atoms with Crippen molar-refractivity contribution in [3.05, 3.63) is 0 Å². The summed E-state index contributed by atoms with van der Waals surface area (Å²) in [4.78, 5) is 10.3. The van der Waals surface area contributed by atoms with Gasteiger partial charge >= 0.3 is 5.97 Å². The molecule has 0 radical (unpaired) electrons. The first-order valence-corrected chi connectivity index (χ1v) is 4.52. The zero-order valence-corrected chi connectivity index (χ0v) is 7.42. The van der Waals surface area contributed by atoms with Crippen molar-refractivity contribution < 1.29 is 15.0 Å². The number of carbonyl (C=O) groups is 1. The van der Waals surface area contributed by atoms with Crippen molar-refractivity contribution in [2.24, 2.45) is 5.92 Å². The summed E-state index contributed by atoms with van der Waals surface area (Å²) in [5, 5.41) is 18.4.